The molecule has 3 N–H and O–H groups in total. The first-order valence-electron chi connectivity index (χ1n) is 9.23. The van der Waals surface area contributed by atoms with E-state index in [0.717, 1.165) is 24.8 Å². The van der Waals surface area contributed by atoms with E-state index < -0.39 is 11.7 Å². The molecule has 5 nitrogen and oxygen atoms in total. The molecule has 1 aromatic carbocycles. The van der Waals surface area contributed by atoms with Crippen LogP contribution in [0.15, 0.2) is 30.3 Å². The molecule has 4 unspecified atom stereocenters. The van der Waals surface area contributed by atoms with E-state index >= 15 is 0 Å². The van der Waals surface area contributed by atoms with Gasteiger partial charge in [-0.1, -0.05) is 30.3 Å². The topological polar surface area (TPSA) is 70.6 Å². The molecule has 0 radical (unpaired) electrons. The van der Waals surface area contributed by atoms with Gasteiger partial charge in [-0.05, 0) is 58.9 Å². The molecule has 25 heavy (non-hydrogen) atoms. The second kappa shape index (κ2) is 8.68. The van der Waals surface area contributed by atoms with Crippen molar-refractivity contribution in [3.05, 3.63) is 35.9 Å². The first-order chi connectivity index (χ1) is 11.7. The van der Waals surface area contributed by atoms with Crippen molar-refractivity contribution >= 4 is 6.09 Å². The molecule has 4 atom stereocenters. The van der Waals surface area contributed by atoms with E-state index in [-0.39, 0.29) is 24.2 Å². The second-order valence-electron chi connectivity index (χ2n) is 8.02. The number of ether oxygens (including phenoxy) is 1. The number of rotatable bonds is 6. The van der Waals surface area contributed by atoms with Gasteiger partial charge < -0.3 is 20.5 Å². The van der Waals surface area contributed by atoms with Crippen molar-refractivity contribution in [2.45, 2.75) is 83.2 Å². The van der Waals surface area contributed by atoms with Crippen molar-refractivity contribution in [2.24, 2.45) is 0 Å². The average Bonchev–Trinajstić information content (AvgIpc) is 2.92. The van der Waals surface area contributed by atoms with Crippen molar-refractivity contribution in [1.29, 1.82) is 0 Å². The maximum atomic E-state index is 12.0. The molecule has 1 aliphatic rings. The molecule has 1 aliphatic carbocycles. The van der Waals surface area contributed by atoms with Crippen molar-refractivity contribution < 1.29 is 14.6 Å². The third-order valence-corrected chi connectivity index (χ3v) is 4.48. The summed E-state index contributed by atoms with van der Waals surface area (Å²) in [6.45, 7) is 7.67. The van der Waals surface area contributed by atoms with Crippen LogP contribution in [-0.4, -0.2) is 34.9 Å². The van der Waals surface area contributed by atoms with E-state index in [0.29, 0.717) is 6.42 Å². The minimum Gasteiger partial charge on any atom is -0.444 e. The van der Waals surface area contributed by atoms with Crippen LogP contribution < -0.4 is 10.6 Å². The number of alkyl carbamates (subject to hydrolysis) is 1. The highest BCUT2D eigenvalue weighted by Gasteiger charge is 2.31. The van der Waals surface area contributed by atoms with Crippen LogP contribution in [0.25, 0.3) is 0 Å². The fraction of sp³-hybridized carbons (Fsp3) is 0.650. The number of nitrogens with one attached hydrogen (secondary N) is 2. The highest BCUT2D eigenvalue weighted by Crippen LogP contribution is 2.23. The van der Waals surface area contributed by atoms with Crippen LogP contribution in [0.4, 0.5) is 4.79 Å². The van der Waals surface area contributed by atoms with Crippen molar-refractivity contribution in [1.82, 2.24) is 10.6 Å². The predicted molar refractivity (Wildman–Crippen MR) is 99.4 cm³/mol. The lowest BCUT2D eigenvalue weighted by Gasteiger charge is -2.28. The van der Waals surface area contributed by atoms with Gasteiger partial charge in [0.1, 0.15) is 5.60 Å². The van der Waals surface area contributed by atoms with E-state index in [1.807, 2.05) is 51.1 Å². The fourth-order valence-electron chi connectivity index (χ4n) is 3.37. The summed E-state index contributed by atoms with van der Waals surface area (Å²) in [5.74, 6) is 0. The molecule has 1 saturated carbocycles. The van der Waals surface area contributed by atoms with Crippen LogP contribution in [0.5, 0.6) is 0 Å². The number of aliphatic hydroxyl groups is 1. The molecule has 1 aromatic rings. The van der Waals surface area contributed by atoms with Gasteiger partial charge in [-0.25, -0.2) is 4.79 Å². The highest BCUT2D eigenvalue weighted by molar-refractivity contribution is 5.68. The zero-order valence-electron chi connectivity index (χ0n) is 15.8. The number of amides is 1. The first kappa shape index (κ1) is 19.7. The number of hydrogen-bond donors (Lipinski definition) is 3. The maximum absolute atomic E-state index is 12.0. The van der Waals surface area contributed by atoms with E-state index in [4.69, 9.17) is 4.74 Å². The van der Waals surface area contributed by atoms with E-state index in [9.17, 15) is 9.90 Å². The summed E-state index contributed by atoms with van der Waals surface area (Å²) >= 11 is 0. The van der Waals surface area contributed by atoms with E-state index in [2.05, 4.69) is 17.6 Å². The molecule has 0 aromatic heterocycles. The van der Waals surface area contributed by atoms with Gasteiger partial charge in [-0.3, -0.25) is 0 Å². The Kier molecular flexibility index (Phi) is 6.85. The summed E-state index contributed by atoms with van der Waals surface area (Å²) in [6.07, 6.45) is 2.84. The van der Waals surface area contributed by atoms with Crippen LogP contribution in [0.3, 0.4) is 0 Å². The van der Waals surface area contributed by atoms with Gasteiger partial charge in [-0.2, -0.15) is 0 Å². The van der Waals surface area contributed by atoms with Gasteiger partial charge in [-0.15, -0.1) is 0 Å². The Morgan fingerprint density at radius 2 is 1.88 bits per heavy atom. The normalized spacial score (nSPS) is 23.1. The van der Waals surface area contributed by atoms with Crippen molar-refractivity contribution in [3.8, 4) is 0 Å². The second-order valence-corrected chi connectivity index (χ2v) is 8.02. The van der Waals surface area contributed by atoms with Crippen LogP contribution in [0, 0.1) is 0 Å². The molecule has 0 aliphatic heterocycles. The fourth-order valence-corrected chi connectivity index (χ4v) is 3.37. The van der Waals surface area contributed by atoms with E-state index in [1.54, 1.807) is 0 Å². The third-order valence-electron chi connectivity index (χ3n) is 4.48. The zero-order chi connectivity index (χ0) is 18.4. The van der Waals surface area contributed by atoms with Crippen molar-refractivity contribution in [2.75, 3.05) is 0 Å². The number of aliphatic hydroxyl groups excluding tert-OH is 1. The van der Waals surface area contributed by atoms with Crippen molar-refractivity contribution in [3.63, 3.8) is 0 Å². The Bertz CT molecular complexity index is 542. The smallest absolute Gasteiger partial charge is 0.407 e. The Morgan fingerprint density at radius 1 is 1.24 bits per heavy atom. The van der Waals surface area contributed by atoms with Gasteiger partial charge in [0.15, 0.2) is 0 Å². The number of carbonyl (C=O) groups excluding carboxylic acids is 1. The van der Waals surface area contributed by atoms with Gasteiger partial charge in [0.25, 0.3) is 0 Å². The lowest BCUT2D eigenvalue weighted by Crippen LogP contribution is -2.50. The number of benzene rings is 1. The van der Waals surface area contributed by atoms with Gasteiger partial charge >= 0.3 is 6.09 Å². The number of hydrogen-bond acceptors (Lipinski definition) is 4. The average molecular weight is 348 g/mol. The lowest BCUT2D eigenvalue weighted by molar-refractivity contribution is 0.0495. The molecule has 5 heteroatoms. The monoisotopic (exact) mass is 348 g/mol. The molecule has 2 rings (SSSR count). The van der Waals surface area contributed by atoms with E-state index in [1.165, 1.54) is 0 Å². The van der Waals surface area contributed by atoms with Crippen LogP contribution in [0.2, 0.25) is 0 Å². The van der Waals surface area contributed by atoms with Crippen LogP contribution in [0.1, 0.15) is 65.0 Å². The minimum absolute atomic E-state index is 0.0752. The highest BCUT2D eigenvalue weighted by atomic mass is 16.6. The summed E-state index contributed by atoms with van der Waals surface area (Å²) < 4.78 is 5.36. The van der Waals surface area contributed by atoms with Crippen LogP contribution >= 0.6 is 0 Å². The summed E-state index contributed by atoms with van der Waals surface area (Å²) in [7, 11) is 0. The Hall–Kier alpha value is -1.59. The molecule has 0 saturated heterocycles. The maximum Gasteiger partial charge on any atom is 0.407 e. The first-order valence-corrected chi connectivity index (χ1v) is 9.23. The summed E-state index contributed by atoms with van der Waals surface area (Å²) in [5, 5.41) is 16.9. The predicted octanol–water partition coefficient (Wildman–Crippen LogP) is 3.53. The van der Waals surface area contributed by atoms with Crippen LogP contribution in [-0.2, 0) is 4.74 Å². The molecule has 1 fully saturated rings. The Balaban J connectivity index is 1.82. The van der Waals surface area contributed by atoms with Gasteiger partial charge in [0, 0.05) is 18.1 Å². The standard InChI is InChI=1S/C20H32N2O3/c1-14(13-18(23)15-9-6-5-7-10-15)21-16-11-8-12-17(16)22-19(24)25-20(2,3)4/h5-7,9-10,14,16-18,21,23H,8,11-13H2,1-4H3,(H,22,24). The Labute approximate surface area is 151 Å². The summed E-state index contributed by atoms with van der Waals surface area (Å²) in [6, 6.07) is 10.2. The third kappa shape index (κ3) is 6.67. The molecular weight excluding hydrogens is 316 g/mol. The minimum atomic E-state index is -0.487. The molecule has 1 amide bonds. The molecule has 0 bridgehead atoms. The summed E-state index contributed by atoms with van der Waals surface area (Å²) in [4.78, 5) is 12.0. The quantitative estimate of drug-likeness (QED) is 0.735. The SMILES string of the molecule is CC(CC(O)c1ccccc1)NC1CCCC1NC(=O)OC(C)(C)C. The molecular formula is C20H32N2O3. The molecule has 140 valence electrons. The molecule has 0 spiro atoms. The lowest BCUT2D eigenvalue weighted by atomic mass is 10.0. The largest absolute Gasteiger partial charge is 0.444 e. The zero-order valence-corrected chi connectivity index (χ0v) is 15.8. The van der Waals surface area contributed by atoms with Gasteiger partial charge in [0.2, 0.25) is 0 Å². The molecule has 0 heterocycles. The Morgan fingerprint density at radius 3 is 2.52 bits per heavy atom. The van der Waals surface area contributed by atoms with Gasteiger partial charge in [0.05, 0.1) is 6.10 Å². The summed E-state index contributed by atoms with van der Waals surface area (Å²) in [5.41, 5.74) is 0.449. The number of carbonyl (C=O) groups is 1.